The van der Waals surface area contributed by atoms with Crippen molar-refractivity contribution in [2.45, 2.75) is 328 Å². The smallest absolute Gasteiger partial charge is 0.462 e. The number of phosphoric acid groups is 1. The standard InChI is InChI=1S/C64H119O11P/c1-4-7-10-13-16-19-22-25-27-29-30-32-33-36-38-41-44-47-50-53-62(66)71-57-61(75-64(68)55-52-49-46-43-40-37-34-31-28-26-23-20-17-14-11-8-5-2)59-73-76(69,70)72-58-60(56-65)74-63(67)54-51-48-45-42-39-35-24-21-18-15-12-9-6-3/h16,19,25,27,30,32,60-61,65H,4-15,17-18,20-24,26,28-29,31,33-59H2,1-3H3,(H,69,70)/b19-16-,27-25-,32-30-. The highest BCUT2D eigenvalue weighted by Crippen LogP contribution is 2.43. The Balaban J connectivity index is 4.69. The molecule has 0 aromatic heterocycles. The van der Waals surface area contributed by atoms with Gasteiger partial charge in [0.25, 0.3) is 0 Å². The first-order valence-electron chi connectivity index (χ1n) is 31.9. The van der Waals surface area contributed by atoms with Crippen molar-refractivity contribution < 1.29 is 52.2 Å². The summed E-state index contributed by atoms with van der Waals surface area (Å²) >= 11 is 0. The van der Waals surface area contributed by atoms with Crippen LogP contribution in [0.4, 0.5) is 0 Å². The molecule has 3 unspecified atom stereocenters. The van der Waals surface area contributed by atoms with Gasteiger partial charge in [0.05, 0.1) is 19.8 Å². The summed E-state index contributed by atoms with van der Waals surface area (Å²) in [5.41, 5.74) is 0. The molecule has 0 spiro atoms. The average Bonchev–Trinajstić information content (AvgIpc) is 3.41. The van der Waals surface area contributed by atoms with E-state index < -0.39 is 57.8 Å². The zero-order valence-corrected chi connectivity index (χ0v) is 50.4. The fraction of sp³-hybridized carbons (Fsp3) is 0.859. The molecule has 3 atom stereocenters. The van der Waals surface area contributed by atoms with Crippen LogP contribution < -0.4 is 0 Å². The molecule has 0 aromatic carbocycles. The van der Waals surface area contributed by atoms with Crippen LogP contribution in [0.1, 0.15) is 316 Å². The molecule has 76 heavy (non-hydrogen) atoms. The number of aliphatic hydroxyl groups excluding tert-OH is 1. The number of carbonyl (C=O) groups excluding carboxylic acids is 3. The maximum absolute atomic E-state index is 12.9. The molecule has 0 aromatic rings. The van der Waals surface area contributed by atoms with Gasteiger partial charge in [-0.15, -0.1) is 0 Å². The molecule has 2 N–H and O–H groups in total. The zero-order chi connectivity index (χ0) is 55.5. The molecule has 0 radical (unpaired) electrons. The Hall–Kier alpha value is -2.30. The van der Waals surface area contributed by atoms with E-state index in [-0.39, 0.29) is 25.9 Å². The van der Waals surface area contributed by atoms with E-state index >= 15 is 0 Å². The quantitative estimate of drug-likeness (QED) is 0.0197. The van der Waals surface area contributed by atoms with E-state index in [1.807, 2.05) is 0 Å². The van der Waals surface area contributed by atoms with Crippen molar-refractivity contribution in [2.75, 3.05) is 26.4 Å². The average molecular weight is 1100 g/mol. The van der Waals surface area contributed by atoms with E-state index in [4.69, 9.17) is 23.3 Å². The van der Waals surface area contributed by atoms with Gasteiger partial charge < -0.3 is 24.2 Å². The number of phosphoric ester groups is 1. The largest absolute Gasteiger partial charge is 0.472 e. The molecule has 12 heteroatoms. The van der Waals surface area contributed by atoms with Crippen LogP contribution in [0.2, 0.25) is 0 Å². The molecule has 0 bridgehead atoms. The summed E-state index contributed by atoms with van der Waals surface area (Å²) in [7, 11) is -4.75. The van der Waals surface area contributed by atoms with Gasteiger partial charge in [0.1, 0.15) is 12.7 Å². The van der Waals surface area contributed by atoms with Crippen LogP contribution in [-0.4, -0.2) is 66.5 Å². The van der Waals surface area contributed by atoms with Crippen LogP contribution in [0, 0.1) is 0 Å². The van der Waals surface area contributed by atoms with Crippen LogP contribution in [0.15, 0.2) is 36.5 Å². The molecule has 0 aliphatic carbocycles. The van der Waals surface area contributed by atoms with Crippen LogP contribution in [0.25, 0.3) is 0 Å². The Kier molecular flexibility index (Phi) is 57.1. The minimum atomic E-state index is -4.75. The Morgan fingerprint density at radius 1 is 0.368 bits per heavy atom. The van der Waals surface area contributed by atoms with E-state index in [0.29, 0.717) is 19.3 Å². The fourth-order valence-corrected chi connectivity index (χ4v) is 9.97. The fourth-order valence-electron chi connectivity index (χ4n) is 9.19. The maximum atomic E-state index is 12.9. The van der Waals surface area contributed by atoms with E-state index in [9.17, 15) is 28.9 Å². The van der Waals surface area contributed by atoms with Gasteiger partial charge in [-0.05, 0) is 57.8 Å². The second kappa shape index (κ2) is 58.8. The minimum Gasteiger partial charge on any atom is -0.462 e. The monoisotopic (exact) mass is 1090 g/mol. The third-order valence-corrected chi connectivity index (χ3v) is 15.0. The second-order valence-electron chi connectivity index (χ2n) is 21.6. The zero-order valence-electron chi connectivity index (χ0n) is 49.5. The van der Waals surface area contributed by atoms with Gasteiger partial charge in [0, 0.05) is 19.3 Å². The van der Waals surface area contributed by atoms with Gasteiger partial charge >= 0.3 is 25.7 Å². The highest BCUT2D eigenvalue weighted by Gasteiger charge is 2.28. The number of hydrogen-bond acceptors (Lipinski definition) is 10. The number of aliphatic hydroxyl groups is 1. The molecule has 0 amide bonds. The van der Waals surface area contributed by atoms with Gasteiger partial charge in [-0.2, -0.15) is 0 Å². The van der Waals surface area contributed by atoms with Crippen LogP contribution >= 0.6 is 7.82 Å². The first-order valence-corrected chi connectivity index (χ1v) is 33.4. The van der Waals surface area contributed by atoms with Gasteiger partial charge in [-0.3, -0.25) is 23.4 Å². The molecule has 0 aliphatic heterocycles. The molecule has 0 fully saturated rings. The van der Waals surface area contributed by atoms with Crippen molar-refractivity contribution in [3.63, 3.8) is 0 Å². The van der Waals surface area contributed by atoms with Crippen molar-refractivity contribution in [3.8, 4) is 0 Å². The number of hydrogen-bond donors (Lipinski definition) is 2. The first-order chi connectivity index (χ1) is 37.2. The minimum absolute atomic E-state index is 0.171. The molecule has 0 heterocycles. The Morgan fingerprint density at radius 3 is 1.01 bits per heavy atom. The summed E-state index contributed by atoms with van der Waals surface area (Å²) in [5.74, 6) is -1.45. The van der Waals surface area contributed by atoms with Crippen LogP contribution in [0.5, 0.6) is 0 Å². The highest BCUT2D eigenvalue weighted by molar-refractivity contribution is 7.47. The van der Waals surface area contributed by atoms with Gasteiger partial charge in [-0.1, -0.05) is 276 Å². The number of allylic oxidation sites excluding steroid dienone is 6. The topological polar surface area (TPSA) is 155 Å². The van der Waals surface area contributed by atoms with Gasteiger partial charge in [0.2, 0.25) is 0 Å². The van der Waals surface area contributed by atoms with Crippen LogP contribution in [-0.2, 0) is 42.2 Å². The highest BCUT2D eigenvalue weighted by atomic mass is 31.2. The Labute approximate surface area is 467 Å². The number of unbranched alkanes of at least 4 members (excludes halogenated alkanes) is 37. The number of esters is 3. The predicted octanol–water partition coefficient (Wildman–Crippen LogP) is 19.2. The summed E-state index contributed by atoms with van der Waals surface area (Å²) < 4.78 is 39.7. The molecule has 11 nitrogen and oxygen atoms in total. The van der Waals surface area contributed by atoms with E-state index in [2.05, 4.69) is 57.2 Å². The SMILES string of the molecule is CCCCC/C=C\C/C=C\C/C=C\CCCCCCCCC(=O)OCC(COP(=O)(O)OCC(CO)OC(=O)CCCCCCCCCCCCCCC)OC(=O)CCCCCCCCCCCCCCCCCCC. The number of ether oxygens (including phenoxy) is 3. The summed E-state index contributed by atoms with van der Waals surface area (Å²) in [6, 6.07) is 0. The summed E-state index contributed by atoms with van der Waals surface area (Å²) in [6.07, 6.45) is 62.3. The molecule has 0 saturated carbocycles. The lowest BCUT2D eigenvalue weighted by Crippen LogP contribution is -2.30. The van der Waals surface area contributed by atoms with Crippen molar-refractivity contribution in [3.05, 3.63) is 36.5 Å². The molecule has 0 rings (SSSR count). The summed E-state index contributed by atoms with van der Waals surface area (Å²) in [6.45, 7) is 4.67. The predicted molar refractivity (Wildman–Crippen MR) is 316 cm³/mol. The summed E-state index contributed by atoms with van der Waals surface area (Å²) in [5, 5.41) is 9.83. The van der Waals surface area contributed by atoms with Gasteiger partial charge in [-0.25, -0.2) is 4.57 Å². The van der Waals surface area contributed by atoms with Crippen molar-refractivity contribution in [1.29, 1.82) is 0 Å². The normalized spacial score (nSPS) is 13.5. The Bertz CT molecular complexity index is 1420. The van der Waals surface area contributed by atoms with Crippen molar-refractivity contribution in [1.82, 2.24) is 0 Å². The molecule has 446 valence electrons. The van der Waals surface area contributed by atoms with E-state index in [1.165, 1.54) is 167 Å². The maximum Gasteiger partial charge on any atom is 0.472 e. The lowest BCUT2D eigenvalue weighted by molar-refractivity contribution is -0.161. The molecular formula is C64H119O11P. The second-order valence-corrected chi connectivity index (χ2v) is 23.0. The van der Waals surface area contributed by atoms with Crippen molar-refractivity contribution >= 4 is 25.7 Å². The third-order valence-electron chi connectivity index (χ3n) is 14.1. The lowest BCUT2D eigenvalue weighted by atomic mass is 10.0. The molecular weight excluding hydrogens is 976 g/mol. The lowest BCUT2D eigenvalue weighted by Gasteiger charge is -2.21. The van der Waals surface area contributed by atoms with E-state index in [1.54, 1.807) is 0 Å². The van der Waals surface area contributed by atoms with Crippen LogP contribution in [0.3, 0.4) is 0 Å². The number of carbonyl (C=O) groups is 3. The summed E-state index contributed by atoms with van der Waals surface area (Å²) in [4.78, 5) is 48.7. The number of rotatable bonds is 60. The first kappa shape index (κ1) is 73.7. The molecule has 0 saturated heterocycles. The van der Waals surface area contributed by atoms with E-state index in [0.717, 1.165) is 89.9 Å². The van der Waals surface area contributed by atoms with Crippen molar-refractivity contribution in [2.24, 2.45) is 0 Å². The van der Waals surface area contributed by atoms with Gasteiger partial charge in [0.15, 0.2) is 6.10 Å². The Morgan fingerprint density at radius 2 is 0.645 bits per heavy atom. The third kappa shape index (κ3) is 56.4. The molecule has 0 aliphatic rings.